The molecule has 0 spiro atoms. The van der Waals surface area contributed by atoms with Gasteiger partial charge in [0, 0.05) is 5.41 Å². The highest BCUT2D eigenvalue weighted by Crippen LogP contribution is 2.60. The first-order valence-corrected chi connectivity index (χ1v) is 10.4. The van der Waals surface area contributed by atoms with Crippen LogP contribution in [0.25, 0.3) is 0 Å². The zero-order valence-electron chi connectivity index (χ0n) is 17.2. The Labute approximate surface area is 171 Å². The summed E-state index contributed by atoms with van der Waals surface area (Å²) in [6, 6.07) is 7.55. The van der Waals surface area contributed by atoms with Crippen LogP contribution in [0.1, 0.15) is 49.7 Å². The second kappa shape index (κ2) is 8.17. The fourth-order valence-corrected chi connectivity index (χ4v) is 6.01. The maximum absolute atomic E-state index is 12.6. The third-order valence-electron chi connectivity index (χ3n) is 6.91. The molecule has 156 valence electrons. The number of nitrogens with zero attached hydrogens (tertiary/aromatic N) is 1. The minimum absolute atomic E-state index is 0.174. The first kappa shape index (κ1) is 19.9. The molecule has 0 heterocycles. The van der Waals surface area contributed by atoms with Crippen LogP contribution in [0.3, 0.4) is 0 Å². The molecule has 4 bridgehead atoms. The van der Waals surface area contributed by atoms with E-state index in [-0.39, 0.29) is 30.4 Å². The number of oxime groups is 1. The molecule has 0 radical (unpaired) electrons. The van der Waals surface area contributed by atoms with Gasteiger partial charge in [0.15, 0.2) is 5.71 Å². The third kappa shape index (κ3) is 4.16. The summed E-state index contributed by atoms with van der Waals surface area (Å²) in [4.78, 5) is 29.6. The second-order valence-electron chi connectivity index (χ2n) is 8.97. The Kier molecular flexibility index (Phi) is 5.61. The van der Waals surface area contributed by atoms with Crippen LogP contribution in [0.15, 0.2) is 29.4 Å². The van der Waals surface area contributed by atoms with E-state index in [0.717, 1.165) is 30.4 Å². The van der Waals surface area contributed by atoms with Crippen LogP contribution in [0.4, 0.5) is 0 Å². The molecular weight excluding hydrogens is 370 g/mol. The van der Waals surface area contributed by atoms with Crippen molar-refractivity contribution in [2.24, 2.45) is 28.3 Å². The first-order valence-electron chi connectivity index (χ1n) is 10.4. The molecule has 0 saturated heterocycles. The van der Waals surface area contributed by atoms with E-state index in [0.29, 0.717) is 23.5 Å². The molecule has 1 aromatic rings. The van der Waals surface area contributed by atoms with E-state index in [1.807, 2.05) is 24.3 Å². The lowest BCUT2D eigenvalue weighted by atomic mass is 9.48. The Hall–Kier alpha value is -2.37. The van der Waals surface area contributed by atoms with Crippen LogP contribution in [0, 0.1) is 23.2 Å². The van der Waals surface area contributed by atoms with Crippen molar-refractivity contribution in [3.05, 3.63) is 35.4 Å². The quantitative estimate of drug-likeness (QED) is 0.397. The fourth-order valence-electron chi connectivity index (χ4n) is 6.01. The molecule has 4 saturated carbocycles. The number of rotatable bonds is 7. The van der Waals surface area contributed by atoms with Crippen molar-refractivity contribution in [1.82, 2.24) is 0 Å². The Bertz CT molecular complexity index is 763. The maximum atomic E-state index is 12.6. The normalized spacial score (nSPS) is 30.1. The largest absolute Gasteiger partial charge is 0.469 e. The topological polar surface area (TPSA) is 74.2 Å². The minimum Gasteiger partial charge on any atom is -0.469 e. The second-order valence-corrected chi connectivity index (χ2v) is 8.97. The van der Waals surface area contributed by atoms with Gasteiger partial charge in [-0.25, -0.2) is 4.79 Å². The van der Waals surface area contributed by atoms with E-state index in [9.17, 15) is 9.59 Å². The third-order valence-corrected chi connectivity index (χ3v) is 6.91. The number of carbonyl (C=O) groups excluding carboxylic acids is 2. The van der Waals surface area contributed by atoms with Gasteiger partial charge in [0.2, 0.25) is 0 Å². The number of esters is 2. The molecule has 6 nitrogen and oxygen atoms in total. The van der Waals surface area contributed by atoms with E-state index < -0.39 is 0 Å². The molecule has 0 aliphatic heterocycles. The van der Waals surface area contributed by atoms with Gasteiger partial charge in [0.25, 0.3) is 0 Å². The van der Waals surface area contributed by atoms with Gasteiger partial charge in [-0.1, -0.05) is 29.4 Å². The Morgan fingerprint density at radius 1 is 0.931 bits per heavy atom. The molecule has 0 N–H and O–H groups in total. The van der Waals surface area contributed by atoms with Gasteiger partial charge in [-0.05, 0) is 67.4 Å². The summed E-state index contributed by atoms with van der Waals surface area (Å²) in [6.07, 6.45) is 7.22. The van der Waals surface area contributed by atoms with Crippen molar-refractivity contribution in [1.29, 1.82) is 0 Å². The van der Waals surface area contributed by atoms with E-state index in [4.69, 9.17) is 9.57 Å². The lowest BCUT2D eigenvalue weighted by molar-refractivity contribution is -0.139. The monoisotopic (exact) mass is 399 g/mol. The van der Waals surface area contributed by atoms with E-state index in [2.05, 4.69) is 9.89 Å². The van der Waals surface area contributed by atoms with Crippen molar-refractivity contribution in [2.75, 3.05) is 14.2 Å². The summed E-state index contributed by atoms with van der Waals surface area (Å²) < 4.78 is 9.76. The first-order chi connectivity index (χ1) is 14.0. The Morgan fingerprint density at radius 3 is 2.00 bits per heavy atom. The summed E-state index contributed by atoms with van der Waals surface area (Å²) in [6.45, 7) is 0.269. The zero-order chi connectivity index (χ0) is 20.4. The van der Waals surface area contributed by atoms with Crippen LogP contribution in [0.2, 0.25) is 0 Å². The van der Waals surface area contributed by atoms with Gasteiger partial charge in [-0.3, -0.25) is 4.79 Å². The molecule has 1 aromatic carbocycles. The Balaban J connectivity index is 1.45. The Morgan fingerprint density at radius 2 is 1.48 bits per heavy atom. The highest BCUT2D eigenvalue weighted by molar-refractivity contribution is 6.38. The lowest BCUT2D eigenvalue weighted by Crippen LogP contribution is -2.52. The molecule has 0 amide bonds. The average Bonchev–Trinajstić information content (AvgIpc) is 2.70. The standard InChI is InChI=1S/C23H29NO5/c1-27-20(25)10-15-3-5-16(6-4-15)14-29-24-21(22(26)28-2)23-11-17-7-18(12-23)9-19(8-17)13-23/h3-6,17-19H,7-14H2,1-2H3/b24-21+. The van der Waals surface area contributed by atoms with Crippen LogP contribution in [-0.2, 0) is 36.9 Å². The van der Waals surface area contributed by atoms with Gasteiger partial charge in [0.05, 0.1) is 20.6 Å². The smallest absolute Gasteiger partial charge is 0.356 e. The van der Waals surface area contributed by atoms with Gasteiger partial charge in [0.1, 0.15) is 6.61 Å². The number of hydrogen-bond donors (Lipinski definition) is 0. The number of hydrogen-bond acceptors (Lipinski definition) is 6. The van der Waals surface area contributed by atoms with Gasteiger partial charge in [-0.15, -0.1) is 0 Å². The predicted molar refractivity (Wildman–Crippen MR) is 107 cm³/mol. The molecule has 29 heavy (non-hydrogen) atoms. The van der Waals surface area contributed by atoms with Crippen LogP contribution in [0.5, 0.6) is 0 Å². The van der Waals surface area contributed by atoms with Crippen LogP contribution >= 0.6 is 0 Å². The van der Waals surface area contributed by atoms with E-state index in [1.54, 1.807) is 0 Å². The summed E-state index contributed by atoms with van der Waals surface area (Å²) in [5.74, 6) is 1.49. The van der Waals surface area contributed by atoms with Crippen LogP contribution in [-0.4, -0.2) is 31.9 Å². The summed E-state index contributed by atoms with van der Waals surface area (Å²) >= 11 is 0. The molecule has 0 aromatic heterocycles. The number of methoxy groups -OCH3 is 2. The minimum atomic E-state index is -0.361. The van der Waals surface area contributed by atoms with Crippen molar-refractivity contribution in [2.45, 2.75) is 51.6 Å². The number of benzene rings is 1. The molecule has 5 rings (SSSR count). The average molecular weight is 399 g/mol. The van der Waals surface area contributed by atoms with Crippen molar-refractivity contribution in [3.8, 4) is 0 Å². The SMILES string of the molecule is COC(=O)Cc1ccc(CO/N=C(\C(=O)OC)C23CC4CC(CC(C4)C2)C3)cc1. The highest BCUT2D eigenvalue weighted by Gasteiger charge is 2.55. The number of carbonyl (C=O) groups is 2. The summed E-state index contributed by atoms with van der Waals surface area (Å²) in [5, 5.41) is 4.33. The van der Waals surface area contributed by atoms with Crippen molar-refractivity contribution < 1.29 is 23.9 Å². The molecule has 0 unspecified atom stereocenters. The molecule has 4 fully saturated rings. The molecule has 0 atom stereocenters. The van der Waals surface area contributed by atoms with Gasteiger partial charge >= 0.3 is 11.9 Å². The molecule has 6 heteroatoms. The predicted octanol–water partition coefficient (Wildman–Crippen LogP) is 3.66. The van der Waals surface area contributed by atoms with Gasteiger partial charge < -0.3 is 14.3 Å². The highest BCUT2D eigenvalue weighted by atomic mass is 16.6. The summed E-state index contributed by atoms with van der Waals surface area (Å²) in [5.41, 5.74) is 2.11. The van der Waals surface area contributed by atoms with Gasteiger partial charge in [-0.2, -0.15) is 0 Å². The summed E-state index contributed by atoms with van der Waals surface area (Å²) in [7, 11) is 2.80. The molecule has 4 aliphatic rings. The fraction of sp³-hybridized carbons (Fsp3) is 0.609. The van der Waals surface area contributed by atoms with E-state index in [1.165, 1.54) is 33.5 Å². The maximum Gasteiger partial charge on any atom is 0.356 e. The van der Waals surface area contributed by atoms with Crippen LogP contribution < -0.4 is 0 Å². The molecular formula is C23H29NO5. The number of ether oxygens (including phenoxy) is 2. The lowest BCUT2D eigenvalue weighted by Gasteiger charge is -2.56. The van der Waals surface area contributed by atoms with Crippen molar-refractivity contribution >= 4 is 17.7 Å². The molecule has 4 aliphatic carbocycles. The zero-order valence-corrected chi connectivity index (χ0v) is 17.2. The van der Waals surface area contributed by atoms with Crippen molar-refractivity contribution in [3.63, 3.8) is 0 Å². The van der Waals surface area contributed by atoms with E-state index >= 15 is 0 Å².